The van der Waals surface area contributed by atoms with Crippen LogP contribution in [0.3, 0.4) is 0 Å². The highest BCUT2D eigenvalue weighted by Gasteiger charge is 2.86. The number of fused-ring (bicyclic) bond motifs is 9. The molecular formula is C23H13ClO2. The van der Waals surface area contributed by atoms with Crippen LogP contribution in [0.5, 0.6) is 0 Å². The van der Waals surface area contributed by atoms with Gasteiger partial charge in [0.15, 0.2) is 11.6 Å². The van der Waals surface area contributed by atoms with E-state index in [1.165, 1.54) is 0 Å². The summed E-state index contributed by atoms with van der Waals surface area (Å²) in [5.74, 6) is -0.712. The molecule has 0 aromatic heterocycles. The van der Waals surface area contributed by atoms with Crippen LogP contribution in [0.25, 0.3) is 11.1 Å². The van der Waals surface area contributed by atoms with E-state index in [9.17, 15) is 9.59 Å². The van der Waals surface area contributed by atoms with Crippen LogP contribution in [0.4, 0.5) is 0 Å². The van der Waals surface area contributed by atoms with Crippen molar-refractivity contribution in [3.05, 3.63) is 95.1 Å². The highest BCUT2D eigenvalue weighted by molar-refractivity contribution is 6.49. The van der Waals surface area contributed by atoms with E-state index in [1.54, 1.807) is 24.3 Å². The SMILES string of the molecule is O=C1c2ccccc2C(=O)[C@@]2(Cl)[C@@H]1C21c2ccccc2-c2ccccc21. The van der Waals surface area contributed by atoms with Gasteiger partial charge in [-0.25, -0.2) is 0 Å². The summed E-state index contributed by atoms with van der Waals surface area (Å²) < 4.78 is 0. The third-order valence-corrected chi connectivity index (χ3v) is 7.03. The number of hydrogen-bond donors (Lipinski definition) is 0. The maximum atomic E-state index is 13.4. The minimum absolute atomic E-state index is 0.0262. The first-order valence-corrected chi connectivity index (χ1v) is 9.07. The molecule has 0 radical (unpaired) electrons. The highest BCUT2D eigenvalue weighted by Crippen LogP contribution is 2.77. The molecule has 1 saturated carbocycles. The molecule has 2 nitrogen and oxygen atoms in total. The van der Waals surface area contributed by atoms with Crippen molar-refractivity contribution in [3.8, 4) is 11.1 Å². The van der Waals surface area contributed by atoms with Crippen LogP contribution in [0.1, 0.15) is 31.8 Å². The summed E-state index contributed by atoms with van der Waals surface area (Å²) in [6, 6.07) is 23.1. The van der Waals surface area contributed by atoms with Crippen molar-refractivity contribution in [2.45, 2.75) is 10.3 Å². The normalized spacial score (nSPS) is 26.1. The second-order valence-electron chi connectivity index (χ2n) is 7.28. The number of halogens is 1. The first-order valence-electron chi connectivity index (χ1n) is 8.70. The molecule has 6 rings (SSSR count). The average molecular weight is 357 g/mol. The van der Waals surface area contributed by atoms with Gasteiger partial charge in [-0.15, -0.1) is 11.6 Å². The monoisotopic (exact) mass is 356 g/mol. The van der Waals surface area contributed by atoms with E-state index in [2.05, 4.69) is 12.1 Å². The van der Waals surface area contributed by atoms with Gasteiger partial charge in [-0.3, -0.25) is 9.59 Å². The summed E-state index contributed by atoms with van der Waals surface area (Å²) in [6.07, 6.45) is 0. The second kappa shape index (κ2) is 4.33. The summed E-state index contributed by atoms with van der Waals surface area (Å²) in [5, 5.41) is 0. The quantitative estimate of drug-likeness (QED) is 0.550. The number of carbonyl (C=O) groups excluding carboxylic acids is 2. The minimum Gasteiger partial charge on any atom is -0.294 e. The largest absolute Gasteiger partial charge is 0.294 e. The average Bonchev–Trinajstić information content (AvgIpc) is 3.15. The number of hydrogen-bond acceptors (Lipinski definition) is 2. The fourth-order valence-corrected chi connectivity index (χ4v) is 5.97. The Hall–Kier alpha value is -2.71. The Kier molecular flexibility index (Phi) is 2.41. The van der Waals surface area contributed by atoms with Gasteiger partial charge in [-0.1, -0.05) is 72.8 Å². The van der Waals surface area contributed by atoms with Gasteiger partial charge in [0.1, 0.15) is 4.87 Å². The first-order chi connectivity index (χ1) is 12.6. The number of benzene rings is 3. The van der Waals surface area contributed by atoms with E-state index < -0.39 is 16.2 Å². The van der Waals surface area contributed by atoms with Crippen molar-refractivity contribution in [3.63, 3.8) is 0 Å². The Morgan fingerprint density at radius 2 is 1.12 bits per heavy atom. The number of carbonyl (C=O) groups is 2. The molecule has 1 fully saturated rings. The molecule has 0 bridgehead atoms. The molecule has 26 heavy (non-hydrogen) atoms. The molecule has 3 heteroatoms. The Balaban J connectivity index is 1.72. The summed E-state index contributed by atoms with van der Waals surface area (Å²) in [7, 11) is 0. The van der Waals surface area contributed by atoms with Gasteiger partial charge in [-0.2, -0.15) is 0 Å². The van der Waals surface area contributed by atoms with Crippen LogP contribution in [0, 0.1) is 5.92 Å². The summed E-state index contributed by atoms with van der Waals surface area (Å²) >= 11 is 7.07. The zero-order valence-corrected chi connectivity index (χ0v) is 14.5. The Morgan fingerprint density at radius 1 is 0.654 bits per heavy atom. The molecule has 0 saturated heterocycles. The van der Waals surface area contributed by atoms with Crippen LogP contribution >= 0.6 is 11.6 Å². The van der Waals surface area contributed by atoms with E-state index in [-0.39, 0.29) is 11.6 Å². The molecule has 3 aromatic carbocycles. The first kappa shape index (κ1) is 14.5. The molecule has 0 N–H and O–H groups in total. The second-order valence-corrected chi connectivity index (χ2v) is 7.88. The van der Waals surface area contributed by atoms with Crippen LogP contribution in [0.15, 0.2) is 72.8 Å². The standard InChI is InChI=1S/C23H13ClO2/c24-23-20(19(25)15-9-1-2-10-16(15)21(23)26)22(23)17-11-5-3-7-13(17)14-8-4-6-12-18(14)22/h1-12,20H/t20-,23-/m0/s1. The molecule has 1 spiro atoms. The van der Waals surface area contributed by atoms with Crippen molar-refractivity contribution in [1.82, 2.24) is 0 Å². The molecule has 0 amide bonds. The minimum atomic E-state index is -1.23. The lowest BCUT2D eigenvalue weighted by atomic mass is 9.88. The van der Waals surface area contributed by atoms with E-state index >= 15 is 0 Å². The summed E-state index contributed by atoms with van der Waals surface area (Å²) in [5.41, 5.74) is 4.31. The molecular weight excluding hydrogens is 344 g/mol. The number of Topliss-reactive ketones (excluding diaryl/α,β-unsaturated/α-hetero) is 2. The van der Waals surface area contributed by atoms with Gasteiger partial charge in [0.2, 0.25) is 0 Å². The molecule has 3 aliphatic rings. The predicted molar refractivity (Wildman–Crippen MR) is 99.8 cm³/mol. The number of rotatable bonds is 0. The van der Waals surface area contributed by atoms with Crippen LogP contribution in [-0.2, 0) is 5.41 Å². The molecule has 2 atom stereocenters. The fraction of sp³-hybridized carbons (Fsp3) is 0.130. The molecule has 0 aliphatic heterocycles. The smallest absolute Gasteiger partial charge is 0.186 e. The van der Waals surface area contributed by atoms with Crippen molar-refractivity contribution in [1.29, 1.82) is 0 Å². The lowest BCUT2D eigenvalue weighted by Gasteiger charge is -2.18. The molecule has 3 aromatic rings. The van der Waals surface area contributed by atoms with Gasteiger partial charge in [0.25, 0.3) is 0 Å². The van der Waals surface area contributed by atoms with Crippen LogP contribution in [-0.4, -0.2) is 16.4 Å². The lowest BCUT2D eigenvalue weighted by molar-refractivity contribution is 0.0888. The predicted octanol–water partition coefficient (Wildman–Crippen LogP) is 4.64. The Morgan fingerprint density at radius 3 is 1.69 bits per heavy atom. The van der Waals surface area contributed by atoms with Gasteiger partial charge in [0, 0.05) is 11.1 Å². The Labute approximate surface area is 155 Å². The van der Waals surface area contributed by atoms with Crippen molar-refractivity contribution in [2.75, 3.05) is 0 Å². The van der Waals surface area contributed by atoms with E-state index in [4.69, 9.17) is 11.6 Å². The van der Waals surface area contributed by atoms with Crippen LogP contribution in [0.2, 0.25) is 0 Å². The maximum Gasteiger partial charge on any atom is 0.186 e. The third kappa shape index (κ3) is 1.26. The highest BCUT2D eigenvalue weighted by atomic mass is 35.5. The topological polar surface area (TPSA) is 34.1 Å². The summed E-state index contributed by atoms with van der Waals surface area (Å²) in [6.45, 7) is 0. The van der Waals surface area contributed by atoms with E-state index in [0.717, 1.165) is 22.3 Å². The number of alkyl halides is 1. The molecule has 0 unspecified atom stereocenters. The zero-order valence-electron chi connectivity index (χ0n) is 13.7. The van der Waals surface area contributed by atoms with Gasteiger partial charge in [-0.05, 0) is 22.3 Å². The number of ketones is 2. The molecule has 0 heterocycles. The van der Waals surface area contributed by atoms with Gasteiger partial charge in [0.05, 0.1) is 11.3 Å². The fourth-order valence-electron chi connectivity index (χ4n) is 5.35. The van der Waals surface area contributed by atoms with Gasteiger partial charge < -0.3 is 0 Å². The molecule has 124 valence electrons. The third-order valence-electron chi connectivity index (χ3n) is 6.35. The maximum absolute atomic E-state index is 13.4. The van der Waals surface area contributed by atoms with Crippen molar-refractivity contribution < 1.29 is 9.59 Å². The van der Waals surface area contributed by atoms with Crippen LogP contribution < -0.4 is 0 Å². The lowest BCUT2D eigenvalue weighted by Crippen LogP contribution is -2.31. The van der Waals surface area contributed by atoms with Crippen molar-refractivity contribution in [2.24, 2.45) is 5.92 Å². The van der Waals surface area contributed by atoms with Gasteiger partial charge >= 0.3 is 0 Å². The zero-order chi connectivity index (χ0) is 17.7. The van der Waals surface area contributed by atoms with Crippen molar-refractivity contribution >= 4 is 23.2 Å². The summed E-state index contributed by atoms with van der Waals surface area (Å²) in [4.78, 5) is 25.5. The van der Waals surface area contributed by atoms with E-state index in [1.807, 2.05) is 36.4 Å². The molecule has 3 aliphatic carbocycles. The Bertz CT molecular complexity index is 1120. The van der Waals surface area contributed by atoms with E-state index in [0.29, 0.717) is 11.1 Å².